The SMILES string of the molecule is COC(=O)C(C)(C)CSC[C@H](NC(C)=O)C(=O)O. The zero-order chi connectivity index (χ0) is 14.3. The monoisotopic (exact) mass is 277 g/mol. The lowest BCUT2D eigenvalue weighted by molar-refractivity contribution is -0.149. The second-order valence-electron chi connectivity index (χ2n) is 4.48. The zero-order valence-corrected chi connectivity index (χ0v) is 11.8. The molecule has 0 bridgehead atoms. The molecule has 6 nitrogen and oxygen atoms in total. The van der Waals surface area contributed by atoms with Crippen molar-refractivity contribution >= 4 is 29.6 Å². The summed E-state index contributed by atoms with van der Waals surface area (Å²) >= 11 is 1.29. The Morgan fingerprint density at radius 1 is 1.39 bits per heavy atom. The van der Waals surface area contributed by atoms with E-state index in [-0.39, 0.29) is 11.7 Å². The van der Waals surface area contributed by atoms with Crippen LogP contribution in [0.5, 0.6) is 0 Å². The average molecular weight is 277 g/mol. The van der Waals surface area contributed by atoms with Gasteiger partial charge in [-0.05, 0) is 13.8 Å². The smallest absolute Gasteiger partial charge is 0.327 e. The lowest BCUT2D eigenvalue weighted by Gasteiger charge is -2.21. The number of carboxylic acids is 1. The number of methoxy groups -OCH3 is 1. The van der Waals surface area contributed by atoms with Gasteiger partial charge in [0.25, 0.3) is 0 Å². The number of hydrogen-bond acceptors (Lipinski definition) is 5. The molecular weight excluding hydrogens is 258 g/mol. The fourth-order valence-electron chi connectivity index (χ4n) is 1.19. The number of thioether (sulfide) groups is 1. The summed E-state index contributed by atoms with van der Waals surface area (Å²) in [5.74, 6) is -1.21. The number of hydrogen-bond donors (Lipinski definition) is 2. The van der Waals surface area contributed by atoms with Crippen LogP contribution in [0.1, 0.15) is 20.8 Å². The Bertz CT molecular complexity index is 329. The lowest BCUT2D eigenvalue weighted by Crippen LogP contribution is -2.42. The molecule has 0 rings (SSSR count). The number of carbonyl (C=O) groups is 3. The van der Waals surface area contributed by atoms with Gasteiger partial charge in [-0.25, -0.2) is 4.79 Å². The molecule has 0 aliphatic carbocycles. The molecule has 2 N–H and O–H groups in total. The lowest BCUT2D eigenvalue weighted by atomic mass is 9.97. The average Bonchev–Trinajstić information content (AvgIpc) is 2.25. The summed E-state index contributed by atoms with van der Waals surface area (Å²) in [5.41, 5.74) is -0.682. The van der Waals surface area contributed by atoms with Crippen LogP contribution >= 0.6 is 11.8 Å². The fourth-order valence-corrected chi connectivity index (χ4v) is 2.39. The van der Waals surface area contributed by atoms with E-state index >= 15 is 0 Å². The van der Waals surface area contributed by atoms with Crippen LogP contribution in [0.2, 0.25) is 0 Å². The molecule has 1 amide bonds. The van der Waals surface area contributed by atoms with Crippen LogP contribution in [0.25, 0.3) is 0 Å². The molecule has 0 saturated carbocycles. The minimum absolute atomic E-state index is 0.204. The van der Waals surface area contributed by atoms with Crippen molar-refractivity contribution in [2.45, 2.75) is 26.8 Å². The van der Waals surface area contributed by atoms with Gasteiger partial charge in [0.1, 0.15) is 6.04 Å². The molecule has 0 saturated heterocycles. The van der Waals surface area contributed by atoms with Crippen molar-refractivity contribution in [2.75, 3.05) is 18.6 Å². The number of amides is 1. The molecule has 0 unspecified atom stereocenters. The third-order valence-corrected chi connectivity index (χ3v) is 3.66. The summed E-state index contributed by atoms with van der Waals surface area (Å²) in [5, 5.41) is 11.2. The van der Waals surface area contributed by atoms with Gasteiger partial charge >= 0.3 is 11.9 Å². The first-order valence-corrected chi connectivity index (χ1v) is 6.52. The Morgan fingerprint density at radius 3 is 2.33 bits per heavy atom. The van der Waals surface area contributed by atoms with Gasteiger partial charge in [0, 0.05) is 18.4 Å². The standard InChI is InChI=1S/C11H19NO5S/c1-7(13)12-8(9(14)15)5-18-6-11(2,3)10(16)17-4/h8H,5-6H2,1-4H3,(H,12,13)(H,14,15)/t8-/m0/s1. The Balaban J connectivity index is 4.26. The zero-order valence-electron chi connectivity index (χ0n) is 11.0. The van der Waals surface area contributed by atoms with Crippen molar-refractivity contribution < 1.29 is 24.2 Å². The molecule has 0 aromatic heterocycles. The van der Waals surface area contributed by atoms with Gasteiger partial charge < -0.3 is 15.2 Å². The maximum Gasteiger partial charge on any atom is 0.327 e. The van der Waals surface area contributed by atoms with Crippen molar-refractivity contribution in [3.8, 4) is 0 Å². The quantitative estimate of drug-likeness (QED) is 0.659. The predicted molar refractivity (Wildman–Crippen MR) is 68.4 cm³/mol. The van der Waals surface area contributed by atoms with E-state index in [4.69, 9.17) is 5.11 Å². The molecule has 0 radical (unpaired) electrons. The van der Waals surface area contributed by atoms with E-state index in [9.17, 15) is 14.4 Å². The fraction of sp³-hybridized carbons (Fsp3) is 0.727. The second-order valence-corrected chi connectivity index (χ2v) is 5.51. The van der Waals surface area contributed by atoms with Crippen LogP contribution < -0.4 is 5.32 Å². The van der Waals surface area contributed by atoms with E-state index in [0.29, 0.717) is 5.75 Å². The van der Waals surface area contributed by atoms with Crippen LogP contribution in [0.3, 0.4) is 0 Å². The first-order chi connectivity index (χ1) is 8.20. The summed E-state index contributed by atoms with van der Waals surface area (Å²) in [7, 11) is 1.31. The Labute approximate surface area is 110 Å². The van der Waals surface area contributed by atoms with E-state index in [0.717, 1.165) is 0 Å². The predicted octanol–water partition coefficient (Wildman–Crippen LogP) is 0.508. The van der Waals surface area contributed by atoms with E-state index in [2.05, 4.69) is 10.1 Å². The summed E-state index contributed by atoms with van der Waals surface area (Å²) in [6.45, 7) is 4.71. The molecular formula is C11H19NO5S. The third kappa shape index (κ3) is 5.90. The van der Waals surface area contributed by atoms with Gasteiger partial charge in [-0.1, -0.05) is 0 Å². The molecule has 0 aliphatic rings. The van der Waals surface area contributed by atoms with Crippen LogP contribution in [0.4, 0.5) is 0 Å². The van der Waals surface area contributed by atoms with Gasteiger partial charge in [0.05, 0.1) is 12.5 Å². The summed E-state index contributed by atoms with van der Waals surface area (Å²) in [6, 6.07) is -0.944. The Hall–Kier alpha value is -1.24. The van der Waals surface area contributed by atoms with E-state index < -0.39 is 23.3 Å². The molecule has 0 aromatic rings. The molecule has 7 heteroatoms. The molecule has 0 aliphatic heterocycles. The number of carboxylic acid groups (broad SMARTS) is 1. The van der Waals surface area contributed by atoms with E-state index in [1.54, 1.807) is 13.8 Å². The van der Waals surface area contributed by atoms with E-state index in [1.807, 2.05) is 0 Å². The number of nitrogens with one attached hydrogen (secondary N) is 1. The summed E-state index contributed by atoms with van der Waals surface area (Å²) < 4.78 is 4.65. The summed E-state index contributed by atoms with van der Waals surface area (Å²) in [6.07, 6.45) is 0. The molecule has 18 heavy (non-hydrogen) atoms. The van der Waals surface area contributed by atoms with Gasteiger partial charge in [0.2, 0.25) is 5.91 Å². The van der Waals surface area contributed by atoms with Gasteiger partial charge in [-0.15, -0.1) is 0 Å². The maximum atomic E-state index is 11.4. The molecule has 0 heterocycles. The van der Waals surface area contributed by atoms with Crippen molar-refractivity contribution in [3.05, 3.63) is 0 Å². The highest BCUT2D eigenvalue weighted by Gasteiger charge is 2.29. The molecule has 0 spiro atoms. The highest BCUT2D eigenvalue weighted by atomic mass is 32.2. The van der Waals surface area contributed by atoms with Crippen molar-refractivity contribution in [1.82, 2.24) is 5.32 Å². The molecule has 104 valence electrons. The van der Waals surface area contributed by atoms with Crippen molar-refractivity contribution in [1.29, 1.82) is 0 Å². The highest BCUT2D eigenvalue weighted by molar-refractivity contribution is 7.99. The number of rotatable bonds is 7. The first-order valence-electron chi connectivity index (χ1n) is 5.36. The molecule has 0 fully saturated rings. The normalized spacial score (nSPS) is 12.7. The first kappa shape index (κ1) is 16.8. The van der Waals surface area contributed by atoms with Crippen LogP contribution in [-0.2, 0) is 19.1 Å². The van der Waals surface area contributed by atoms with E-state index in [1.165, 1.54) is 25.8 Å². The largest absolute Gasteiger partial charge is 0.480 e. The summed E-state index contributed by atoms with van der Waals surface area (Å²) in [4.78, 5) is 33.1. The molecule has 1 atom stereocenters. The van der Waals surface area contributed by atoms with Crippen molar-refractivity contribution in [3.63, 3.8) is 0 Å². The minimum Gasteiger partial charge on any atom is -0.480 e. The molecule has 0 aromatic carbocycles. The Kier molecular flexibility index (Phi) is 6.75. The second kappa shape index (κ2) is 7.25. The maximum absolute atomic E-state index is 11.4. The van der Waals surface area contributed by atoms with Crippen molar-refractivity contribution in [2.24, 2.45) is 5.41 Å². The number of aliphatic carboxylic acids is 1. The number of ether oxygens (including phenoxy) is 1. The topological polar surface area (TPSA) is 92.7 Å². The number of esters is 1. The number of carbonyl (C=O) groups excluding carboxylic acids is 2. The highest BCUT2D eigenvalue weighted by Crippen LogP contribution is 2.23. The van der Waals surface area contributed by atoms with Crippen LogP contribution in [-0.4, -0.2) is 47.6 Å². The van der Waals surface area contributed by atoms with Gasteiger partial charge in [0.15, 0.2) is 0 Å². The third-order valence-electron chi connectivity index (χ3n) is 2.16. The van der Waals surface area contributed by atoms with Gasteiger partial charge in [-0.2, -0.15) is 11.8 Å². The minimum atomic E-state index is -1.09. The Morgan fingerprint density at radius 2 is 1.94 bits per heavy atom. The van der Waals surface area contributed by atoms with Gasteiger partial charge in [-0.3, -0.25) is 9.59 Å². The van der Waals surface area contributed by atoms with Crippen LogP contribution in [0, 0.1) is 5.41 Å². The van der Waals surface area contributed by atoms with Crippen LogP contribution in [0.15, 0.2) is 0 Å².